The third kappa shape index (κ3) is 6.04. The third-order valence-corrected chi connectivity index (χ3v) is 10.1. The first-order chi connectivity index (χ1) is 25.4. The van der Waals surface area contributed by atoms with Gasteiger partial charge < -0.3 is 0 Å². The van der Waals surface area contributed by atoms with Gasteiger partial charge >= 0.3 is 0 Å². The lowest BCUT2D eigenvalue weighted by Gasteiger charge is -2.13. The lowest BCUT2D eigenvalue weighted by molar-refractivity contribution is 1.41. The van der Waals surface area contributed by atoms with Gasteiger partial charge in [0.15, 0.2) is 0 Å². The normalized spacial score (nSPS) is 17.5. The molecule has 0 saturated carbocycles. The van der Waals surface area contributed by atoms with Crippen LogP contribution in [0.5, 0.6) is 0 Å². The number of allylic oxidation sites excluding steroid dienone is 12. The monoisotopic (exact) mass is 748 g/mol. The number of halogens is 4. The molecule has 0 saturated heterocycles. The van der Waals surface area contributed by atoms with Crippen molar-refractivity contribution in [2.75, 3.05) is 0 Å². The summed E-state index contributed by atoms with van der Waals surface area (Å²) < 4.78 is 0. The van der Waals surface area contributed by atoms with Crippen molar-refractivity contribution in [3.8, 4) is 0 Å². The molecule has 8 bridgehead atoms. The van der Waals surface area contributed by atoms with Crippen molar-refractivity contribution in [3.63, 3.8) is 0 Å². The Morgan fingerprint density at radius 1 is 0.250 bits per heavy atom. The first-order valence-electron chi connectivity index (χ1n) is 16.5. The van der Waals surface area contributed by atoms with Crippen LogP contribution in [0.15, 0.2) is 188 Å². The average Bonchev–Trinajstić information content (AvgIpc) is 3.99. The summed E-state index contributed by atoms with van der Waals surface area (Å²) in [5, 5.41) is 2.58. The topological polar surface area (TPSA) is 49.4 Å². The fraction of sp³-hybridized carbons (Fsp3) is 0. The minimum Gasteiger partial charge on any atom is -0.248 e. The number of fused-ring (bicyclic) bond motifs is 4. The van der Waals surface area contributed by atoms with Gasteiger partial charge in [0.25, 0.3) is 0 Å². The lowest BCUT2D eigenvalue weighted by atomic mass is 9.98. The molecular weight excluding hydrogens is 726 g/mol. The first-order valence-corrected chi connectivity index (χ1v) is 18.0. The fourth-order valence-corrected chi connectivity index (χ4v) is 7.24. The van der Waals surface area contributed by atoms with E-state index in [2.05, 4.69) is 0 Å². The second-order valence-electron chi connectivity index (χ2n) is 12.4. The van der Waals surface area contributed by atoms with Crippen LogP contribution in [0.4, 0.5) is 0 Å². The SMILES string of the molecule is Clc1ccc(C2=C3C=CC(=N3)C(c3ccc(Cl)cc3)=C3C=CC(=N3)C(c3ccc(Cl)cc3)=C3C=CC(=N3)C(c3ccc(Cl)cc3)=C3C=CC2=N3)cc1. The Hall–Kier alpha value is -5.36. The minimum absolute atomic E-state index is 0.646. The van der Waals surface area contributed by atoms with Crippen LogP contribution in [0, 0.1) is 0 Å². The summed E-state index contributed by atoms with van der Waals surface area (Å²) >= 11 is 25.4. The van der Waals surface area contributed by atoms with E-state index >= 15 is 0 Å². The minimum atomic E-state index is 0.646. The number of nitrogens with zero attached hydrogens (tertiary/aromatic N) is 4. The predicted octanol–water partition coefficient (Wildman–Crippen LogP) is 12.3. The van der Waals surface area contributed by atoms with E-state index in [0.717, 1.165) is 90.2 Å². The predicted molar refractivity (Wildman–Crippen MR) is 220 cm³/mol. The maximum absolute atomic E-state index is 6.36. The highest BCUT2D eigenvalue weighted by Crippen LogP contribution is 2.39. The van der Waals surface area contributed by atoms with Crippen molar-refractivity contribution in [2.45, 2.75) is 0 Å². The zero-order valence-corrected chi connectivity index (χ0v) is 30.2. The zero-order valence-electron chi connectivity index (χ0n) is 27.2. The summed E-state index contributed by atoms with van der Waals surface area (Å²) in [6.07, 6.45) is 16.3. The molecular formula is C44H24Cl4N4. The van der Waals surface area contributed by atoms with Crippen molar-refractivity contribution in [1.29, 1.82) is 0 Å². The Morgan fingerprint density at radius 3 is 0.635 bits per heavy atom. The number of benzene rings is 4. The summed E-state index contributed by atoms with van der Waals surface area (Å²) in [5.41, 5.74) is 13.4. The van der Waals surface area contributed by atoms with Gasteiger partial charge in [0.1, 0.15) is 0 Å². The highest BCUT2D eigenvalue weighted by atomic mass is 35.5. The van der Waals surface area contributed by atoms with Gasteiger partial charge in [-0.2, -0.15) is 0 Å². The standard InChI is InChI=1S/C44H24Cl4N4/c45-29-9-1-25(2-10-29)41-33-17-19-35(49-33)42(26-3-11-30(46)12-4-26)37-21-23-39(51-37)44(28-7-15-32(48)16-8-28)40-24-22-38(52-40)43(36-20-18-34(41)50-36)27-5-13-31(47)14-6-27/h1-24H. The van der Waals surface area contributed by atoms with E-state index < -0.39 is 0 Å². The van der Waals surface area contributed by atoms with Crippen LogP contribution in [0.2, 0.25) is 20.1 Å². The van der Waals surface area contributed by atoms with E-state index in [9.17, 15) is 0 Å². The van der Waals surface area contributed by atoms with Crippen LogP contribution >= 0.6 is 46.4 Å². The molecule has 5 aliphatic rings. The molecule has 4 aromatic carbocycles. The molecule has 0 amide bonds. The van der Waals surface area contributed by atoms with Crippen LogP contribution in [0.1, 0.15) is 22.3 Å². The largest absolute Gasteiger partial charge is 0.248 e. The summed E-state index contributed by atoms with van der Waals surface area (Å²) in [5.74, 6) is 0. The molecule has 5 aliphatic heterocycles. The zero-order chi connectivity index (χ0) is 35.3. The number of hydrogen-bond acceptors (Lipinski definition) is 4. The number of hydrogen-bond donors (Lipinski definition) is 0. The van der Waals surface area contributed by atoms with Gasteiger partial charge in [-0.05, 0) is 119 Å². The molecule has 0 N–H and O–H groups in total. The second kappa shape index (κ2) is 13.3. The summed E-state index contributed by atoms with van der Waals surface area (Å²) in [6.45, 7) is 0. The molecule has 0 atom stereocenters. The van der Waals surface area contributed by atoms with E-state index in [1.165, 1.54) is 0 Å². The molecule has 0 unspecified atom stereocenters. The molecule has 0 aromatic heterocycles. The molecule has 5 heterocycles. The lowest BCUT2D eigenvalue weighted by Crippen LogP contribution is -2.03. The van der Waals surface area contributed by atoms with Crippen LogP contribution in [-0.4, -0.2) is 22.8 Å². The molecule has 0 aliphatic carbocycles. The summed E-state index contributed by atoms with van der Waals surface area (Å²) in [7, 11) is 0. The van der Waals surface area contributed by atoms with Gasteiger partial charge in [-0.3, -0.25) is 0 Å². The van der Waals surface area contributed by atoms with Gasteiger partial charge in [0, 0.05) is 42.4 Å². The van der Waals surface area contributed by atoms with E-state index in [-0.39, 0.29) is 0 Å². The van der Waals surface area contributed by atoms with Crippen molar-refractivity contribution in [2.24, 2.45) is 20.0 Å². The van der Waals surface area contributed by atoms with E-state index in [1.54, 1.807) is 0 Å². The van der Waals surface area contributed by atoms with Crippen LogP contribution < -0.4 is 0 Å². The smallest absolute Gasteiger partial charge is 0.0738 e. The molecule has 8 heteroatoms. The molecule has 248 valence electrons. The van der Waals surface area contributed by atoms with Crippen molar-refractivity contribution < 1.29 is 0 Å². The molecule has 9 rings (SSSR count). The Balaban J connectivity index is 1.36. The van der Waals surface area contributed by atoms with Crippen LogP contribution in [0.3, 0.4) is 0 Å². The number of aliphatic imine (C=N–C) groups is 4. The Morgan fingerprint density at radius 2 is 0.442 bits per heavy atom. The third-order valence-electron chi connectivity index (χ3n) is 9.14. The van der Waals surface area contributed by atoms with E-state index in [0.29, 0.717) is 20.1 Å². The van der Waals surface area contributed by atoms with Crippen LogP contribution in [-0.2, 0) is 0 Å². The molecule has 4 aromatic rings. The summed E-state index contributed by atoms with van der Waals surface area (Å²) in [4.78, 5) is 21.1. The average molecular weight is 751 g/mol. The van der Waals surface area contributed by atoms with E-state index in [1.807, 2.05) is 146 Å². The van der Waals surface area contributed by atoms with Gasteiger partial charge in [-0.25, -0.2) is 20.0 Å². The Bertz CT molecular complexity index is 2220. The van der Waals surface area contributed by atoms with Crippen molar-refractivity contribution in [1.82, 2.24) is 0 Å². The highest BCUT2D eigenvalue weighted by Gasteiger charge is 2.27. The maximum Gasteiger partial charge on any atom is 0.0738 e. The molecule has 4 nitrogen and oxygen atoms in total. The first kappa shape index (κ1) is 32.5. The van der Waals surface area contributed by atoms with Gasteiger partial charge in [-0.1, -0.05) is 94.9 Å². The highest BCUT2D eigenvalue weighted by molar-refractivity contribution is 6.40. The quantitative estimate of drug-likeness (QED) is 0.199. The molecule has 0 fully saturated rings. The van der Waals surface area contributed by atoms with Gasteiger partial charge in [0.05, 0.1) is 45.6 Å². The molecule has 0 radical (unpaired) electrons. The fourth-order valence-electron chi connectivity index (χ4n) is 6.74. The maximum atomic E-state index is 6.36. The summed E-state index contributed by atoms with van der Waals surface area (Å²) in [6, 6.07) is 31.0. The van der Waals surface area contributed by atoms with Gasteiger partial charge in [-0.15, -0.1) is 0 Å². The van der Waals surface area contributed by atoms with E-state index in [4.69, 9.17) is 66.4 Å². The molecule has 0 spiro atoms. The van der Waals surface area contributed by atoms with Gasteiger partial charge in [0.2, 0.25) is 0 Å². The second-order valence-corrected chi connectivity index (χ2v) is 14.1. The van der Waals surface area contributed by atoms with Crippen molar-refractivity contribution >= 4 is 91.5 Å². The number of rotatable bonds is 4. The molecule has 52 heavy (non-hydrogen) atoms. The van der Waals surface area contributed by atoms with Crippen LogP contribution in [0.25, 0.3) is 22.3 Å². The Labute approximate surface area is 320 Å². The Kier molecular flexibility index (Phi) is 8.33. The van der Waals surface area contributed by atoms with Crippen molar-refractivity contribution in [3.05, 3.63) is 211 Å².